The monoisotopic (exact) mass is 183 g/mol. The lowest BCUT2D eigenvalue weighted by Crippen LogP contribution is -2.49. The van der Waals surface area contributed by atoms with Crippen LogP contribution >= 0.6 is 0 Å². The van der Waals surface area contributed by atoms with Crippen LogP contribution in [0.25, 0.3) is 0 Å². The number of carbonyl (C=O) groups is 1. The van der Waals surface area contributed by atoms with Gasteiger partial charge in [-0.05, 0) is 13.3 Å². The number of ketones is 1. The molecule has 13 heavy (non-hydrogen) atoms. The lowest BCUT2D eigenvalue weighted by atomic mass is 9.82. The minimum atomic E-state index is -0.123. The lowest BCUT2D eigenvalue weighted by Gasteiger charge is -2.39. The van der Waals surface area contributed by atoms with Gasteiger partial charge in [0.25, 0.3) is 0 Å². The minimum Gasteiger partial charge on any atom is -0.299 e. The third-order valence-electron chi connectivity index (χ3n) is 3.19. The van der Waals surface area contributed by atoms with Crippen molar-refractivity contribution < 1.29 is 4.79 Å². The van der Waals surface area contributed by atoms with Crippen LogP contribution in [0.4, 0.5) is 0 Å². The maximum Gasteiger partial charge on any atom is 0.141 e. The second kappa shape index (κ2) is 3.79. The molecule has 0 N–H and O–H groups in total. The SMILES string of the molecule is CCC(C)N1CCC(=O)C(C)(C)C1. The Hall–Kier alpha value is -0.370. The molecule has 1 aliphatic heterocycles. The van der Waals surface area contributed by atoms with Gasteiger partial charge in [0.2, 0.25) is 0 Å². The van der Waals surface area contributed by atoms with Gasteiger partial charge in [-0.3, -0.25) is 9.69 Å². The van der Waals surface area contributed by atoms with Crippen molar-refractivity contribution in [2.75, 3.05) is 13.1 Å². The Morgan fingerprint density at radius 2 is 2.15 bits per heavy atom. The summed E-state index contributed by atoms with van der Waals surface area (Å²) >= 11 is 0. The predicted octanol–water partition coefficient (Wildman–Crippen LogP) is 2.09. The number of piperidine rings is 1. The van der Waals surface area contributed by atoms with Gasteiger partial charge >= 0.3 is 0 Å². The first-order chi connectivity index (χ1) is 5.97. The maximum atomic E-state index is 11.5. The van der Waals surface area contributed by atoms with Crippen molar-refractivity contribution in [3.8, 4) is 0 Å². The molecule has 0 aromatic rings. The molecule has 0 radical (unpaired) electrons. The van der Waals surface area contributed by atoms with Crippen LogP contribution in [0.2, 0.25) is 0 Å². The van der Waals surface area contributed by atoms with Gasteiger partial charge in [0.05, 0.1) is 0 Å². The predicted molar refractivity (Wildman–Crippen MR) is 54.7 cm³/mol. The van der Waals surface area contributed by atoms with Crippen molar-refractivity contribution in [2.24, 2.45) is 5.41 Å². The first kappa shape index (κ1) is 10.7. The van der Waals surface area contributed by atoms with Crippen LogP contribution in [-0.4, -0.2) is 29.8 Å². The summed E-state index contributed by atoms with van der Waals surface area (Å²) in [6.07, 6.45) is 1.90. The van der Waals surface area contributed by atoms with Crippen molar-refractivity contribution in [3.63, 3.8) is 0 Å². The Morgan fingerprint density at radius 1 is 1.54 bits per heavy atom. The zero-order chi connectivity index (χ0) is 10.1. The molecule has 0 aliphatic carbocycles. The minimum absolute atomic E-state index is 0.123. The van der Waals surface area contributed by atoms with Gasteiger partial charge in [-0.2, -0.15) is 0 Å². The molecule has 2 heteroatoms. The summed E-state index contributed by atoms with van der Waals surface area (Å²) in [5, 5.41) is 0. The molecule has 1 heterocycles. The van der Waals surface area contributed by atoms with Crippen molar-refractivity contribution in [1.29, 1.82) is 0 Å². The fourth-order valence-electron chi connectivity index (χ4n) is 1.89. The normalized spacial score (nSPS) is 26.0. The summed E-state index contributed by atoms with van der Waals surface area (Å²) in [7, 11) is 0. The number of hydrogen-bond acceptors (Lipinski definition) is 2. The number of hydrogen-bond donors (Lipinski definition) is 0. The van der Waals surface area contributed by atoms with Crippen molar-refractivity contribution >= 4 is 5.78 Å². The summed E-state index contributed by atoms with van der Waals surface area (Å²) in [6, 6.07) is 0.618. The van der Waals surface area contributed by atoms with Crippen molar-refractivity contribution in [2.45, 2.75) is 46.6 Å². The molecule has 0 bridgehead atoms. The van der Waals surface area contributed by atoms with Gasteiger partial charge in [-0.1, -0.05) is 20.8 Å². The molecule has 1 fully saturated rings. The van der Waals surface area contributed by atoms with Crippen LogP contribution in [0.5, 0.6) is 0 Å². The molecule has 0 spiro atoms. The average molecular weight is 183 g/mol. The molecule has 0 amide bonds. The van der Waals surface area contributed by atoms with Gasteiger partial charge in [0, 0.05) is 31.0 Å². The highest BCUT2D eigenvalue weighted by atomic mass is 16.1. The number of Topliss-reactive ketones (excluding diaryl/α,β-unsaturated/α-hetero) is 1. The van der Waals surface area contributed by atoms with Gasteiger partial charge in [0.1, 0.15) is 5.78 Å². The topological polar surface area (TPSA) is 20.3 Å². The molecule has 0 aromatic heterocycles. The lowest BCUT2D eigenvalue weighted by molar-refractivity contribution is -0.132. The van der Waals surface area contributed by atoms with Crippen LogP contribution in [-0.2, 0) is 4.79 Å². The van der Waals surface area contributed by atoms with Gasteiger partial charge in [-0.15, -0.1) is 0 Å². The Balaban J connectivity index is 2.60. The van der Waals surface area contributed by atoms with Crippen molar-refractivity contribution in [3.05, 3.63) is 0 Å². The Labute approximate surface area is 81.3 Å². The van der Waals surface area contributed by atoms with E-state index in [1.165, 1.54) is 6.42 Å². The maximum absolute atomic E-state index is 11.5. The first-order valence-electron chi connectivity index (χ1n) is 5.24. The summed E-state index contributed by atoms with van der Waals surface area (Å²) in [6.45, 7) is 10.5. The molecule has 0 aromatic carbocycles. The number of nitrogens with zero attached hydrogens (tertiary/aromatic N) is 1. The highest BCUT2D eigenvalue weighted by molar-refractivity contribution is 5.85. The van der Waals surface area contributed by atoms with Gasteiger partial charge in [-0.25, -0.2) is 0 Å². The largest absolute Gasteiger partial charge is 0.299 e. The molecule has 76 valence electrons. The average Bonchev–Trinajstić information content (AvgIpc) is 2.08. The summed E-state index contributed by atoms with van der Waals surface area (Å²) in [5.41, 5.74) is -0.123. The van der Waals surface area contributed by atoms with E-state index in [9.17, 15) is 4.79 Å². The van der Waals surface area contributed by atoms with E-state index in [1.54, 1.807) is 0 Å². The molecule has 1 rings (SSSR count). The fraction of sp³-hybridized carbons (Fsp3) is 0.909. The van der Waals surface area contributed by atoms with E-state index in [0.29, 0.717) is 11.8 Å². The highest BCUT2D eigenvalue weighted by Gasteiger charge is 2.35. The Kier molecular flexibility index (Phi) is 3.12. The first-order valence-corrected chi connectivity index (χ1v) is 5.24. The Bertz CT molecular complexity index is 198. The molecular formula is C11H21NO. The fourth-order valence-corrected chi connectivity index (χ4v) is 1.89. The summed E-state index contributed by atoms with van der Waals surface area (Å²) in [4.78, 5) is 14.0. The van der Waals surface area contributed by atoms with E-state index < -0.39 is 0 Å². The van der Waals surface area contributed by atoms with Crippen LogP contribution in [0.1, 0.15) is 40.5 Å². The van der Waals surface area contributed by atoms with E-state index in [4.69, 9.17) is 0 Å². The van der Waals surface area contributed by atoms with E-state index in [0.717, 1.165) is 19.5 Å². The van der Waals surface area contributed by atoms with Gasteiger partial charge in [0.15, 0.2) is 0 Å². The zero-order valence-corrected chi connectivity index (χ0v) is 9.26. The van der Waals surface area contributed by atoms with E-state index in [1.807, 2.05) is 0 Å². The molecule has 1 atom stereocenters. The third-order valence-corrected chi connectivity index (χ3v) is 3.19. The highest BCUT2D eigenvalue weighted by Crippen LogP contribution is 2.26. The van der Waals surface area contributed by atoms with Crippen molar-refractivity contribution in [1.82, 2.24) is 4.90 Å². The smallest absolute Gasteiger partial charge is 0.141 e. The molecule has 2 nitrogen and oxygen atoms in total. The second-order valence-corrected chi connectivity index (χ2v) is 4.78. The Morgan fingerprint density at radius 3 is 2.62 bits per heavy atom. The van der Waals surface area contributed by atoms with E-state index in [2.05, 4.69) is 32.6 Å². The molecule has 1 aliphatic rings. The van der Waals surface area contributed by atoms with Crippen LogP contribution in [0.15, 0.2) is 0 Å². The number of likely N-dealkylation sites (tertiary alicyclic amines) is 1. The summed E-state index contributed by atoms with van der Waals surface area (Å²) < 4.78 is 0. The summed E-state index contributed by atoms with van der Waals surface area (Å²) in [5.74, 6) is 0.423. The van der Waals surface area contributed by atoms with Crippen LogP contribution in [0, 0.1) is 5.41 Å². The van der Waals surface area contributed by atoms with E-state index in [-0.39, 0.29) is 5.41 Å². The number of rotatable bonds is 2. The van der Waals surface area contributed by atoms with E-state index >= 15 is 0 Å². The molecular weight excluding hydrogens is 162 g/mol. The molecule has 1 saturated heterocycles. The number of carbonyl (C=O) groups excluding carboxylic acids is 1. The van der Waals surface area contributed by atoms with Crippen LogP contribution in [0.3, 0.4) is 0 Å². The second-order valence-electron chi connectivity index (χ2n) is 4.78. The standard InChI is InChI=1S/C11H21NO/c1-5-9(2)12-7-6-10(13)11(3,4)8-12/h9H,5-8H2,1-4H3. The third kappa shape index (κ3) is 2.31. The molecule has 0 saturated carbocycles. The van der Waals surface area contributed by atoms with Gasteiger partial charge < -0.3 is 0 Å². The van der Waals surface area contributed by atoms with Crippen LogP contribution < -0.4 is 0 Å². The zero-order valence-electron chi connectivity index (χ0n) is 9.26. The molecule has 1 unspecified atom stereocenters. The quantitative estimate of drug-likeness (QED) is 0.653.